The molecule has 20 heavy (non-hydrogen) atoms. The number of aliphatic hydroxyl groups is 1. The topological polar surface area (TPSA) is 60.8 Å². The summed E-state index contributed by atoms with van der Waals surface area (Å²) in [7, 11) is 3.01. The van der Waals surface area contributed by atoms with Gasteiger partial charge in [-0.15, -0.1) is 0 Å². The number of aliphatic hydroxyl groups excluding tert-OH is 1. The average molecular weight is 275 g/mol. The van der Waals surface area contributed by atoms with Crippen LogP contribution in [0.4, 0.5) is 0 Å². The Labute approximate surface area is 117 Å². The molecule has 0 radical (unpaired) electrons. The number of pyridine rings is 1. The first-order valence-corrected chi connectivity index (χ1v) is 6.18. The number of hydrogen-bond donors (Lipinski definition) is 1. The van der Waals surface area contributed by atoms with Gasteiger partial charge in [0.25, 0.3) is 5.88 Å². The zero-order valence-electron chi connectivity index (χ0n) is 11.5. The molecular formula is C15H17NO4. The fourth-order valence-corrected chi connectivity index (χ4v) is 1.79. The van der Waals surface area contributed by atoms with Gasteiger partial charge >= 0.3 is 0 Å². The van der Waals surface area contributed by atoms with Crippen molar-refractivity contribution in [3.05, 3.63) is 47.7 Å². The molecule has 1 aromatic carbocycles. The molecule has 0 unspecified atom stereocenters. The number of benzene rings is 1. The van der Waals surface area contributed by atoms with Gasteiger partial charge in [-0.1, -0.05) is 30.3 Å². The number of nitrogens with zero attached hydrogens (tertiary/aromatic N) is 1. The maximum atomic E-state index is 9.22. The van der Waals surface area contributed by atoms with Crippen molar-refractivity contribution in [1.82, 2.24) is 4.98 Å². The number of ether oxygens (including phenoxy) is 3. The van der Waals surface area contributed by atoms with Crippen LogP contribution in [0.5, 0.6) is 17.4 Å². The molecule has 0 bridgehead atoms. The van der Waals surface area contributed by atoms with Crippen LogP contribution in [0.3, 0.4) is 0 Å². The van der Waals surface area contributed by atoms with Gasteiger partial charge in [-0.25, -0.2) is 4.98 Å². The van der Waals surface area contributed by atoms with Gasteiger partial charge in [-0.2, -0.15) is 0 Å². The summed E-state index contributed by atoms with van der Waals surface area (Å²) in [5.41, 5.74) is 1.50. The summed E-state index contributed by atoms with van der Waals surface area (Å²) < 4.78 is 16.1. The van der Waals surface area contributed by atoms with Crippen molar-refractivity contribution in [3.8, 4) is 17.4 Å². The van der Waals surface area contributed by atoms with Crippen molar-refractivity contribution in [3.63, 3.8) is 0 Å². The molecule has 0 atom stereocenters. The van der Waals surface area contributed by atoms with Crippen LogP contribution in [0.25, 0.3) is 0 Å². The Hall–Kier alpha value is -2.27. The lowest BCUT2D eigenvalue weighted by molar-refractivity contribution is 0.256. The van der Waals surface area contributed by atoms with Crippen LogP contribution in [-0.4, -0.2) is 24.3 Å². The van der Waals surface area contributed by atoms with Gasteiger partial charge in [0.15, 0.2) is 5.75 Å². The summed E-state index contributed by atoms with van der Waals surface area (Å²) >= 11 is 0. The first-order chi connectivity index (χ1) is 9.78. The van der Waals surface area contributed by atoms with E-state index in [-0.39, 0.29) is 6.61 Å². The molecule has 2 aromatic rings. The first kappa shape index (κ1) is 14.1. The Morgan fingerprint density at radius 3 is 2.45 bits per heavy atom. The van der Waals surface area contributed by atoms with Gasteiger partial charge in [-0.05, 0) is 5.56 Å². The van der Waals surface area contributed by atoms with E-state index in [1.165, 1.54) is 14.2 Å². The highest BCUT2D eigenvalue weighted by atomic mass is 16.5. The van der Waals surface area contributed by atoms with E-state index in [1.807, 2.05) is 30.3 Å². The summed E-state index contributed by atoms with van der Waals surface area (Å²) in [6, 6.07) is 11.4. The molecule has 0 fully saturated rings. The summed E-state index contributed by atoms with van der Waals surface area (Å²) in [5.74, 6) is 1.20. The second-order valence-corrected chi connectivity index (χ2v) is 4.09. The summed E-state index contributed by atoms with van der Waals surface area (Å²) in [6.07, 6.45) is 0. The number of aromatic nitrogens is 1. The van der Waals surface area contributed by atoms with Crippen LogP contribution < -0.4 is 14.2 Å². The molecule has 2 rings (SSSR count). The third kappa shape index (κ3) is 3.19. The Kier molecular flexibility index (Phi) is 4.79. The predicted molar refractivity (Wildman–Crippen MR) is 74.0 cm³/mol. The molecule has 0 aliphatic heterocycles. The second kappa shape index (κ2) is 6.77. The van der Waals surface area contributed by atoms with E-state index in [2.05, 4.69) is 4.98 Å². The lowest BCUT2D eigenvalue weighted by Crippen LogP contribution is -2.03. The number of methoxy groups -OCH3 is 2. The van der Waals surface area contributed by atoms with E-state index in [1.54, 1.807) is 6.07 Å². The highest BCUT2D eigenvalue weighted by molar-refractivity contribution is 5.48. The largest absolute Gasteiger partial charge is 0.489 e. The molecule has 0 spiro atoms. The molecule has 5 heteroatoms. The van der Waals surface area contributed by atoms with Gasteiger partial charge in [0.1, 0.15) is 6.61 Å². The smallest absolute Gasteiger partial charge is 0.261 e. The normalized spacial score (nSPS) is 10.2. The third-order valence-corrected chi connectivity index (χ3v) is 2.76. The highest BCUT2D eigenvalue weighted by Crippen LogP contribution is 2.36. The van der Waals surface area contributed by atoms with E-state index in [0.717, 1.165) is 5.56 Å². The summed E-state index contributed by atoms with van der Waals surface area (Å²) in [4.78, 5) is 4.12. The fourth-order valence-electron chi connectivity index (χ4n) is 1.79. The van der Waals surface area contributed by atoms with Crippen molar-refractivity contribution >= 4 is 0 Å². The molecule has 1 heterocycles. The molecule has 5 nitrogen and oxygen atoms in total. The molecule has 106 valence electrons. The van der Waals surface area contributed by atoms with Crippen LogP contribution in [0.1, 0.15) is 11.3 Å². The molecule has 0 amide bonds. The van der Waals surface area contributed by atoms with E-state index in [9.17, 15) is 5.11 Å². The van der Waals surface area contributed by atoms with Crippen LogP contribution >= 0.6 is 0 Å². The lowest BCUT2D eigenvalue weighted by atomic mass is 10.2. The lowest BCUT2D eigenvalue weighted by Gasteiger charge is -2.14. The maximum absolute atomic E-state index is 9.22. The van der Waals surface area contributed by atoms with Crippen LogP contribution in [-0.2, 0) is 13.2 Å². The van der Waals surface area contributed by atoms with Gasteiger partial charge < -0.3 is 19.3 Å². The van der Waals surface area contributed by atoms with Crippen molar-refractivity contribution in [1.29, 1.82) is 0 Å². The minimum atomic E-state index is -0.192. The third-order valence-electron chi connectivity index (χ3n) is 2.76. The SMILES string of the molecule is COc1nc(CO)cc(OCc2ccccc2)c1OC. The summed E-state index contributed by atoms with van der Waals surface area (Å²) in [5, 5.41) is 9.22. The quantitative estimate of drug-likeness (QED) is 0.875. The van der Waals surface area contributed by atoms with Crippen LogP contribution in [0.15, 0.2) is 36.4 Å². The predicted octanol–water partition coefficient (Wildman–Crippen LogP) is 2.17. The Balaban J connectivity index is 2.25. The van der Waals surface area contributed by atoms with Gasteiger partial charge in [-0.3, -0.25) is 0 Å². The van der Waals surface area contributed by atoms with Crippen molar-refractivity contribution in [2.24, 2.45) is 0 Å². The molecule has 1 aromatic heterocycles. The Morgan fingerprint density at radius 1 is 1.10 bits per heavy atom. The Morgan fingerprint density at radius 2 is 1.85 bits per heavy atom. The van der Waals surface area contributed by atoms with Gasteiger partial charge in [0.05, 0.1) is 26.5 Å². The molecule has 0 aliphatic carbocycles. The molecule has 1 N–H and O–H groups in total. The number of hydrogen-bond acceptors (Lipinski definition) is 5. The Bertz CT molecular complexity index is 557. The van der Waals surface area contributed by atoms with E-state index < -0.39 is 0 Å². The monoisotopic (exact) mass is 275 g/mol. The standard InChI is InChI=1S/C15H17NO4/c1-18-14-13(8-12(9-17)16-15(14)19-2)20-10-11-6-4-3-5-7-11/h3-8,17H,9-10H2,1-2H3. The minimum Gasteiger partial charge on any atom is -0.489 e. The zero-order valence-corrected chi connectivity index (χ0v) is 11.5. The number of rotatable bonds is 6. The van der Waals surface area contributed by atoms with Crippen molar-refractivity contribution in [2.45, 2.75) is 13.2 Å². The van der Waals surface area contributed by atoms with E-state index in [0.29, 0.717) is 29.7 Å². The minimum absolute atomic E-state index is 0.192. The maximum Gasteiger partial charge on any atom is 0.261 e. The van der Waals surface area contributed by atoms with E-state index >= 15 is 0 Å². The zero-order chi connectivity index (χ0) is 14.4. The van der Waals surface area contributed by atoms with Crippen molar-refractivity contribution < 1.29 is 19.3 Å². The van der Waals surface area contributed by atoms with Crippen molar-refractivity contribution in [2.75, 3.05) is 14.2 Å². The van der Waals surface area contributed by atoms with Gasteiger partial charge in [0, 0.05) is 6.07 Å². The average Bonchev–Trinajstić information content (AvgIpc) is 2.52. The highest BCUT2D eigenvalue weighted by Gasteiger charge is 2.15. The van der Waals surface area contributed by atoms with Crippen LogP contribution in [0, 0.1) is 0 Å². The van der Waals surface area contributed by atoms with Gasteiger partial charge in [0.2, 0.25) is 5.75 Å². The van der Waals surface area contributed by atoms with Crippen LogP contribution in [0.2, 0.25) is 0 Å². The second-order valence-electron chi connectivity index (χ2n) is 4.09. The molecule has 0 aliphatic rings. The summed E-state index contributed by atoms with van der Waals surface area (Å²) in [6.45, 7) is 0.206. The first-order valence-electron chi connectivity index (χ1n) is 6.18. The fraction of sp³-hybridized carbons (Fsp3) is 0.267. The molecular weight excluding hydrogens is 258 g/mol. The molecule has 0 saturated heterocycles. The molecule has 0 saturated carbocycles. The van der Waals surface area contributed by atoms with E-state index in [4.69, 9.17) is 14.2 Å².